The Balaban J connectivity index is 2.20. The summed E-state index contributed by atoms with van der Waals surface area (Å²) in [6, 6.07) is 6.59. The topological polar surface area (TPSA) is 101 Å². The standard InChI is InChI=1S/C14H15NO4S/c15-11(14(18)19)6-8(13(16)17)5-9-7-20-12-4-2-1-3-10(9)12/h1-4,7-8,11H,5-6,15H2,(H,16,17)(H,18,19)/t8-,11+/m0/s1. The first-order valence-corrected chi connectivity index (χ1v) is 7.03. The summed E-state index contributed by atoms with van der Waals surface area (Å²) in [7, 11) is 0. The number of carboxylic acid groups (broad SMARTS) is 2. The summed E-state index contributed by atoms with van der Waals surface area (Å²) in [5, 5.41) is 21.0. The van der Waals surface area contributed by atoms with Crippen LogP contribution in [0.25, 0.3) is 10.1 Å². The summed E-state index contributed by atoms with van der Waals surface area (Å²) in [5.74, 6) is -2.98. The zero-order valence-electron chi connectivity index (χ0n) is 10.7. The Kier molecular flexibility index (Phi) is 4.36. The molecule has 0 radical (unpaired) electrons. The highest BCUT2D eigenvalue weighted by Gasteiger charge is 2.25. The molecule has 0 amide bonds. The lowest BCUT2D eigenvalue weighted by Gasteiger charge is -2.14. The second-order valence-corrected chi connectivity index (χ2v) is 5.59. The average molecular weight is 293 g/mol. The van der Waals surface area contributed by atoms with Gasteiger partial charge < -0.3 is 15.9 Å². The highest BCUT2D eigenvalue weighted by Crippen LogP contribution is 2.28. The third-order valence-corrected chi connectivity index (χ3v) is 4.24. The molecule has 106 valence electrons. The molecular weight excluding hydrogens is 278 g/mol. The molecular formula is C14H15NO4S. The van der Waals surface area contributed by atoms with Gasteiger partial charge in [-0.2, -0.15) is 0 Å². The molecule has 0 aliphatic carbocycles. The Morgan fingerprint density at radius 2 is 1.90 bits per heavy atom. The van der Waals surface area contributed by atoms with E-state index in [9.17, 15) is 14.7 Å². The number of aliphatic carboxylic acids is 2. The van der Waals surface area contributed by atoms with Crippen LogP contribution in [0.3, 0.4) is 0 Å². The molecule has 6 heteroatoms. The Hall–Kier alpha value is -1.92. The van der Waals surface area contributed by atoms with Gasteiger partial charge in [-0.3, -0.25) is 9.59 Å². The molecule has 0 unspecified atom stereocenters. The summed E-state index contributed by atoms with van der Waals surface area (Å²) in [4.78, 5) is 22.0. The second kappa shape index (κ2) is 6.02. The van der Waals surface area contributed by atoms with E-state index in [1.807, 2.05) is 29.6 Å². The fraction of sp³-hybridized carbons (Fsp3) is 0.286. The minimum atomic E-state index is -1.17. The van der Waals surface area contributed by atoms with Crippen LogP contribution in [0.4, 0.5) is 0 Å². The Bertz CT molecular complexity index is 637. The van der Waals surface area contributed by atoms with E-state index in [0.29, 0.717) is 6.42 Å². The summed E-state index contributed by atoms with van der Waals surface area (Å²) in [5.41, 5.74) is 6.36. The van der Waals surface area contributed by atoms with Gasteiger partial charge in [-0.05, 0) is 35.2 Å². The van der Waals surface area contributed by atoms with Crippen molar-refractivity contribution in [3.63, 3.8) is 0 Å². The molecule has 5 nitrogen and oxygen atoms in total. The molecule has 1 aromatic heterocycles. The number of hydrogen-bond acceptors (Lipinski definition) is 4. The molecule has 1 heterocycles. The van der Waals surface area contributed by atoms with Crippen LogP contribution in [0.15, 0.2) is 29.6 Å². The zero-order valence-corrected chi connectivity index (χ0v) is 11.5. The summed E-state index contributed by atoms with van der Waals surface area (Å²) < 4.78 is 1.09. The van der Waals surface area contributed by atoms with Crippen LogP contribution in [-0.4, -0.2) is 28.2 Å². The smallest absolute Gasteiger partial charge is 0.320 e. The number of carboxylic acids is 2. The van der Waals surface area contributed by atoms with E-state index in [4.69, 9.17) is 10.8 Å². The SMILES string of the molecule is N[C@H](C[C@H](Cc1csc2ccccc12)C(=O)O)C(=O)O. The number of hydrogen-bond donors (Lipinski definition) is 3. The van der Waals surface area contributed by atoms with Crippen molar-refractivity contribution in [1.29, 1.82) is 0 Å². The maximum atomic E-state index is 11.3. The molecule has 2 rings (SSSR count). The largest absolute Gasteiger partial charge is 0.481 e. The van der Waals surface area contributed by atoms with Gasteiger partial charge in [0.2, 0.25) is 0 Å². The molecule has 0 aliphatic heterocycles. The molecule has 1 aromatic carbocycles. The second-order valence-electron chi connectivity index (χ2n) is 4.68. The average Bonchev–Trinajstić information content (AvgIpc) is 2.81. The van der Waals surface area contributed by atoms with Crippen molar-refractivity contribution in [2.24, 2.45) is 11.7 Å². The number of rotatable bonds is 6. The lowest BCUT2D eigenvalue weighted by Crippen LogP contribution is -2.35. The number of benzene rings is 1. The fourth-order valence-corrected chi connectivity index (χ4v) is 3.11. The molecule has 0 saturated heterocycles. The van der Waals surface area contributed by atoms with Gasteiger partial charge >= 0.3 is 11.9 Å². The van der Waals surface area contributed by atoms with Crippen molar-refractivity contribution >= 4 is 33.4 Å². The third kappa shape index (κ3) is 3.15. The van der Waals surface area contributed by atoms with Crippen LogP contribution in [0.1, 0.15) is 12.0 Å². The quantitative estimate of drug-likeness (QED) is 0.755. The Morgan fingerprint density at radius 3 is 2.55 bits per heavy atom. The monoisotopic (exact) mass is 293 g/mol. The summed E-state index contributed by atoms with van der Waals surface area (Å²) in [6.45, 7) is 0. The zero-order chi connectivity index (χ0) is 14.7. The summed E-state index contributed by atoms with van der Waals surface area (Å²) in [6.07, 6.45) is 0.217. The first-order chi connectivity index (χ1) is 9.49. The van der Waals surface area contributed by atoms with Gasteiger partial charge in [0, 0.05) is 4.70 Å². The van der Waals surface area contributed by atoms with Crippen molar-refractivity contribution in [3.05, 3.63) is 35.2 Å². The van der Waals surface area contributed by atoms with Crippen molar-refractivity contribution < 1.29 is 19.8 Å². The van der Waals surface area contributed by atoms with E-state index in [1.54, 1.807) is 11.3 Å². The van der Waals surface area contributed by atoms with Crippen molar-refractivity contribution in [3.8, 4) is 0 Å². The fourth-order valence-electron chi connectivity index (χ4n) is 2.14. The molecule has 0 fully saturated rings. The van der Waals surface area contributed by atoms with Gasteiger partial charge in [-0.25, -0.2) is 0 Å². The molecule has 0 bridgehead atoms. The van der Waals surface area contributed by atoms with E-state index >= 15 is 0 Å². The lowest BCUT2D eigenvalue weighted by atomic mass is 9.93. The molecule has 0 aliphatic rings. The number of nitrogens with two attached hydrogens (primary N) is 1. The number of carbonyl (C=O) groups is 2. The van der Waals surface area contributed by atoms with Crippen LogP contribution < -0.4 is 5.73 Å². The van der Waals surface area contributed by atoms with E-state index < -0.39 is 23.9 Å². The van der Waals surface area contributed by atoms with E-state index in [-0.39, 0.29) is 6.42 Å². The number of thiophene rings is 1. The molecule has 20 heavy (non-hydrogen) atoms. The highest BCUT2D eigenvalue weighted by atomic mass is 32.1. The van der Waals surface area contributed by atoms with Crippen LogP contribution in [0, 0.1) is 5.92 Å². The van der Waals surface area contributed by atoms with Crippen LogP contribution in [-0.2, 0) is 16.0 Å². The predicted octanol–water partition coefficient (Wildman–Crippen LogP) is 1.95. The van der Waals surface area contributed by atoms with Crippen LogP contribution in [0.2, 0.25) is 0 Å². The Labute approximate surface area is 119 Å². The van der Waals surface area contributed by atoms with E-state index in [0.717, 1.165) is 15.6 Å². The molecule has 0 saturated carbocycles. The van der Waals surface area contributed by atoms with Crippen LogP contribution in [0.5, 0.6) is 0 Å². The van der Waals surface area contributed by atoms with Gasteiger partial charge in [0.1, 0.15) is 6.04 Å². The predicted molar refractivity (Wildman–Crippen MR) is 76.9 cm³/mol. The molecule has 0 spiro atoms. The van der Waals surface area contributed by atoms with Crippen LogP contribution >= 0.6 is 11.3 Å². The molecule has 2 aromatic rings. The van der Waals surface area contributed by atoms with Gasteiger partial charge in [-0.15, -0.1) is 11.3 Å². The Morgan fingerprint density at radius 1 is 1.20 bits per heavy atom. The van der Waals surface area contributed by atoms with E-state index in [1.165, 1.54) is 0 Å². The van der Waals surface area contributed by atoms with Gasteiger partial charge in [-0.1, -0.05) is 18.2 Å². The normalized spacial score (nSPS) is 14.1. The lowest BCUT2D eigenvalue weighted by molar-refractivity contribution is -0.143. The van der Waals surface area contributed by atoms with E-state index in [2.05, 4.69) is 0 Å². The molecule has 4 N–H and O–H groups in total. The number of fused-ring (bicyclic) bond motifs is 1. The van der Waals surface area contributed by atoms with Gasteiger partial charge in [0.25, 0.3) is 0 Å². The molecule has 2 atom stereocenters. The maximum Gasteiger partial charge on any atom is 0.320 e. The highest BCUT2D eigenvalue weighted by molar-refractivity contribution is 7.17. The van der Waals surface area contributed by atoms with Gasteiger partial charge in [0.05, 0.1) is 5.92 Å². The summed E-state index contributed by atoms with van der Waals surface area (Å²) >= 11 is 1.55. The van der Waals surface area contributed by atoms with Crippen molar-refractivity contribution in [1.82, 2.24) is 0 Å². The minimum absolute atomic E-state index is 0.0746. The first-order valence-electron chi connectivity index (χ1n) is 6.15. The first kappa shape index (κ1) is 14.5. The minimum Gasteiger partial charge on any atom is -0.481 e. The van der Waals surface area contributed by atoms with Crippen molar-refractivity contribution in [2.45, 2.75) is 18.9 Å². The maximum absolute atomic E-state index is 11.3. The van der Waals surface area contributed by atoms with Gasteiger partial charge in [0.15, 0.2) is 0 Å². The third-order valence-electron chi connectivity index (χ3n) is 3.23. The van der Waals surface area contributed by atoms with Crippen molar-refractivity contribution in [2.75, 3.05) is 0 Å².